The number of ketones is 1. The van der Waals surface area contributed by atoms with E-state index in [1.165, 1.54) is 0 Å². The Morgan fingerprint density at radius 1 is 0.962 bits per heavy atom. The fraction of sp³-hybridized carbons (Fsp3) is 0.857. The molecule has 0 heterocycles. The van der Waals surface area contributed by atoms with Gasteiger partial charge in [-0.15, -0.1) is 0 Å². The van der Waals surface area contributed by atoms with Gasteiger partial charge in [-0.1, -0.05) is 61.8 Å². The number of carbonyl (C=O) groups excluding carboxylic acids is 2. The highest BCUT2D eigenvalue weighted by Gasteiger charge is 2.37. The Labute approximate surface area is 159 Å². The van der Waals surface area contributed by atoms with Gasteiger partial charge in [0.05, 0.1) is 0 Å². The van der Waals surface area contributed by atoms with E-state index in [0.717, 1.165) is 6.42 Å². The minimum Gasteiger partial charge on any atom is -0.481 e. The molecule has 0 aliphatic carbocycles. The van der Waals surface area contributed by atoms with Crippen LogP contribution in [-0.4, -0.2) is 40.8 Å². The Kier molecular flexibility index (Phi) is 9.54. The number of hydrogen-bond donors (Lipinski definition) is 1. The molecule has 0 bridgehead atoms. The van der Waals surface area contributed by atoms with Gasteiger partial charge in [-0.2, -0.15) is 0 Å². The Bertz CT molecular complexity index is 493. The van der Waals surface area contributed by atoms with Gasteiger partial charge < -0.3 is 10.0 Å². The van der Waals surface area contributed by atoms with Crippen LogP contribution in [0.25, 0.3) is 0 Å². The molecule has 0 aromatic carbocycles. The fourth-order valence-electron chi connectivity index (χ4n) is 3.48. The zero-order valence-electron chi connectivity index (χ0n) is 18.1. The summed E-state index contributed by atoms with van der Waals surface area (Å²) in [6, 6.07) is -0.158. The average molecular weight is 370 g/mol. The number of Topliss-reactive ketones (excluding diaryl/α,β-unsaturated/α-hetero) is 1. The van der Waals surface area contributed by atoms with Gasteiger partial charge in [-0.25, -0.2) is 0 Å². The SMILES string of the molecule is CC[C@H](C)[C@@H]([C@H](C)CC(=O)O)N(C)C(=O)[C@@H](CC(=O)C(C)(C)C)C(C)C. The van der Waals surface area contributed by atoms with Gasteiger partial charge >= 0.3 is 5.97 Å². The first-order valence-corrected chi connectivity index (χ1v) is 9.75. The molecular weight excluding hydrogens is 330 g/mol. The molecule has 1 N–H and O–H groups in total. The number of amides is 1. The smallest absolute Gasteiger partial charge is 0.303 e. The number of carboxylic acids is 1. The topological polar surface area (TPSA) is 74.7 Å². The van der Waals surface area contributed by atoms with E-state index in [4.69, 9.17) is 5.11 Å². The second-order valence-corrected chi connectivity index (χ2v) is 9.13. The zero-order valence-corrected chi connectivity index (χ0v) is 18.1. The number of carbonyl (C=O) groups is 3. The third-order valence-electron chi connectivity index (χ3n) is 5.47. The maximum Gasteiger partial charge on any atom is 0.303 e. The molecule has 0 saturated heterocycles. The van der Waals surface area contributed by atoms with Crippen molar-refractivity contribution in [3.05, 3.63) is 0 Å². The van der Waals surface area contributed by atoms with E-state index in [9.17, 15) is 14.4 Å². The van der Waals surface area contributed by atoms with Crippen LogP contribution in [0.5, 0.6) is 0 Å². The number of hydrogen-bond acceptors (Lipinski definition) is 3. The minimum absolute atomic E-state index is 0.0277. The van der Waals surface area contributed by atoms with Crippen molar-refractivity contribution in [1.82, 2.24) is 4.90 Å². The summed E-state index contributed by atoms with van der Waals surface area (Å²) in [6.45, 7) is 15.5. The third-order valence-corrected chi connectivity index (χ3v) is 5.47. The van der Waals surface area contributed by atoms with Crippen molar-refractivity contribution in [1.29, 1.82) is 0 Å². The highest BCUT2D eigenvalue weighted by atomic mass is 16.4. The van der Waals surface area contributed by atoms with Crippen LogP contribution in [0.15, 0.2) is 0 Å². The van der Waals surface area contributed by atoms with Crippen LogP contribution in [0.4, 0.5) is 0 Å². The van der Waals surface area contributed by atoms with Crippen molar-refractivity contribution < 1.29 is 19.5 Å². The largest absolute Gasteiger partial charge is 0.481 e. The van der Waals surface area contributed by atoms with Crippen molar-refractivity contribution in [2.45, 2.75) is 80.7 Å². The zero-order chi connectivity index (χ0) is 20.8. The van der Waals surface area contributed by atoms with Crippen LogP contribution in [0.1, 0.15) is 74.7 Å². The van der Waals surface area contributed by atoms with E-state index in [0.29, 0.717) is 0 Å². The monoisotopic (exact) mass is 369 g/mol. The molecule has 0 spiro atoms. The summed E-state index contributed by atoms with van der Waals surface area (Å²) in [5.74, 6) is -1.13. The van der Waals surface area contributed by atoms with Gasteiger partial charge in [0.25, 0.3) is 0 Å². The summed E-state index contributed by atoms with van der Waals surface area (Å²) in [5, 5.41) is 9.17. The van der Waals surface area contributed by atoms with Crippen LogP contribution in [0.2, 0.25) is 0 Å². The van der Waals surface area contributed by atoms with E-state index in [1.807, 2.05) is 48.5 Å². The fourth-order valence-corrected chi connectivity index (χ4v) is 3.48. The van der Waals surface area contributed by atoms with Crippen LogP contribution in [-0.2, 0) is 14.4 Å². The average Bonchev–Trinajstić information content (AvgIpc) is 2.49. The van der Waals surface area contributed by atoms with Crippen molar-refractivity contribution in [3.63, 3.8) is 0 Å². The van der Waals surface area contributed by atoms with Gasteiger partial charge in [0.1, 0.15) is 5.78 Å². The van der Waals surface area contributed by atoms with Gasteiger partial charge in [-0.05, 0) is 17.8 Å². The molecule has 0 aliphatic rings. The van der Waals surface area contributed by atoms with E-state index in [1.54, 1.807) is 11.9 Å². The van der Waals surface area contributed by atoms with Gasteiger partial charge in [0.2, 0.25) is 5.91 Å². The molecule has 0 unspecified atom stereocenters. The molecule has 0 aromatic heterocycles. The molecule has 0 saturated carbocycles. The lowest BCUT2D eigenvalue weighted by Crippen LogP contribution is -2.49. The highest BCUT2D eigenvalue weighted by molar-refractivity contribution is 5.89. The molecule has 4 atom stereocenters. The van der Waals surface area contributed by atoms with Crippen molar-refractivity contribution >= 4 is 17.7 Å². The molecule has 5 nitrogen and oxygen atoms in total. The molecule has 0 fully saturated rings. The van der Waals surface area contributed by atoms with E-state index in [2.05, 4.69) is 6.92 Å². The molecule has 0 rings (SSSR count). The molecule has 0 aromatic rings. The van der Waals surface area contributed by atoms with Gasteiger partial charge in [-0.3, -0.25) is 14.4 Å². The summed E-state index contributed by atoms with van der Waals surface area (Å²) in [5.41, 5.74) is -0.474. The quantitative estimate of drug-likeness (QED) is 0.625. The normalized spacial score (nSPS) is 16.7. The molecule has 5 heteroatoms. The summed E-state index contributed by atoms with van der Waals surface area (Å²) in [4.78, 5) is 38.6. The lowest BCUT2D eigenvalue weighted by Gasteiger charge is -2.39. The van der Waals surface area contributed by atoms with Crippen LogP contribution < -0.4 is 0 Å². The maximum absolute atomic E-state index is 13.2. The summed E-state index contributed by atoms with van der Waals surface area (Å²) in [6.07, 6.45) is 1.12. The lowest BCUT2D eigenvalue weighted by molar-refractivity contribution is -0.145. The number of rotatable bonds is 10. The van der Waals surface area contributed by atoms with Gasteiger partial charge in [0.15, 0.2) is 0 Å². The predicted octanol–water partition coefficient (Wildman–Crippen LogP) is 4.25. The van der Waals surface area contributed by atoms with E-state index >= 15 is 0 Å². The van der Waals surface area contributed by atoms with Gasteiger partial charge in [0, 0.05) is 37.3 Å². The highest BCUT2D eigenvalue weighted by Crippen LogP contribution is 2.29. The Hall–Kier alpha value is -1.39. The first-order valence-electron chi connectivity index (χ1n) is 9.75. The maximum atomic E-state index is 13.2. The molecule has 152 valence electrons. The summed E-state index contributed by atoms with van der Waals surface area (Å²) < 4.78 is 0. The number of aliphatic carboxylic acids is 1. The van der Waals surface area contributed by atoms with Crippen molar-refractivity contribution in [3.8, 4) is 0 Å². The molecule has 26 heavy (non-hydrogen) atoms. The Morgan fingerprint density at radius 2 is 1.46 bits per heavy atom. The summed E-state index contributed by atoms with van der Waals surface area (Å²) >= 11 is 0. The van der Waals surface area contributed by atoms with Crippen LogP contribution >= 0.6 is 0 Å². The first kappa shape index (κ1) is 24.6. The number of carboxylic acid groups (broad SMARTS) is 1. The first-order chi connectivity index (χ1) is 11.7. The molecule has 0 radical (unpaired) electrons. The van der Waals surface area contributed by atoms with Crippen molar-refractivity contribution in [2.24, 2.45) is 29.1 Å². The molecule has 0 aliphatic heterocycles. The minimum atomic E-state index is -0.852. The second kappa shape index (κ2) is 10.1. The Morgan fingerprint density at radius 3 is 1.81 bits per heavy atom. The summed E-state index contributed by atoms with van der Waals surface area (Å²) in [7, 11) is 1.76. The van der Waals surface area contributed by atoms with Crippen molar-refractivity contribution in [2.75, 3.05) is 7.05 Å². The second-order valence-electron chi connectivity index (χ2n) is 9.13. The third kappa shape index (κ3) is 7.08. The predicted molar refractivity (Wildman–Crippen MR) is 105 cm³/mol. The van der Waals surface area contributed by atoms with E-state index < -0.39 is 11.4 Å². The molecule has 1 amide bonds. The van der Waals surface area contributed by atoms with Crippen LogP contribution in [0.3, 0.4) is 0 Å². The Balaban J connectivity index is 5.56. The van der Waals surface area contributed by atoms with Crippen LogP contribution in [0, 0.1) is 29.1 Å². The number of nitrogens with zero attached hydrogens (tertiary/aromatic N) is 1. The van der Waals surface area contributed by atoms with E-state index in [-0.39, 0.29) is 54.2 Å². The lowest BCUT2D eigenvalue weighted by atomic mass is 9.80. The molecular formula is C21H39NO4. The standard InChI is InChI=1S/C21H39NO4/c1-10-14(4)19(15(5)11-18(24)25)22(9)20(26)16(13(2)3)12-17(23)21(6,7)8/h13-16,19H,10-12H2,1-9H3,(H,24,25)/t14-,15+,16-,19-/m0/s1.